The van der Waals surface area contributed by atoms with Crippen molar-refractivity contribution in [1.82, 2.24) is 9.80 Å². The Hall–Kier alpha value is -3.48. The molecular formula is C23H21FN2O4. The quantitative estimate of drug-likeness (QED) is 0.606. The van der Waals surface area contributed by atoms with Crippen LogP contribution >= 0.6 is 0 Å². The normalized spacial score (nSPS) is 14.2. The Labute approximate surface area is 172 Å². The number of benzene rings is 2. The number of hydrogen-bond acceptors (Lipinski definition) is 4. The molecule has 0 spiro atoms. The average Bonchev–Trinajstić information content (AvgIpc) is 3.21. The maximum atomic E-state index is 13.0. The first kappa shape index (κ1) is 19.8. The molecule has 0 unspecified atom stereocenters. The molecule has 1 aromatic heterocycles. The Morgan fingerprint density at radius 2 is 1.53 bits per heavy atom. The van der Waals surface area contributed by atoms with E-state index in [2.05, 4.69) is 0 Å². The molecule has 2 heterocycles. The summed E-state index contributed by atoms with van der Waals surface area (Å²) in [4.78, 5) is 40.6. The zero-order valence-corrected chi connectivity index (χ0v) is 16.3. The lowest BCUT2D eigenvalue weighted by Gasteiger charge is -2.34. The van der Waals surface area contributed by atoms with Crippen LogP contribution in [0.4, 0.5) is 4.39 Å². The predicted octanol–water partition coefficient (Wildman–Crippen LogP) is 3.52. The van der Waals surface area contributed by atoms with Gasteiger partial charge in [0.2, 0.25) is 5.91 Å². The Morgan fingerprint density at radius 1 is 0.867 bits per heavy atom. The minimum atomic E-state index is -0.405. The fourth-order valence-corrected chi connectivity index (χ4v) is 3.56. The molecular weight excluding hydrogens is 387 g/mol. The number of hydrogen-bond donors (Lipinski definition) is 0. The highest BCUT2D eigenvalue weighted by atomic mass is 19.1. The molecule has 1 aliphatic heterocycles. The average molecular weight is 408 g/mol. The topological polar surface area (TPSA) is 70.8 Å². The number of halogens is 1. The molecule has 1 aliphatic rings. The van der Waals surface area contributed by atoms with Gasteiger partial charge in [0.25, 0.3) is 5.91 Å². The maximum Gasteiger partial charge on any atom is 0.289 e. The number of fused-ring (bicyclic) bond motifs is 1. The van der Waals surface area contributed by atoms with Gasteiger partial charge in [-0.25, -0.2) is 4.39 Å². The molecule has 30 heavy (non-hydrogen) atoms. The van der Waals surface area contributed by atoms with Crippen LogP contribution in [-0.2, 0) is 4.79 Å². The SMILES string of the molecule is O=C(CCC(=O)N1CCN(C(=O)c2cc3ccccc3o2)CC1)c1ccc(F)cc1. The third kappa shape index (κ3) is 4.25. The third-order valence-corrected chi connectivity index (χ3v) is 5.29. The molecule has 6 nitrogen and oxygen atoms in total. The van der Waals surface area contributed by atoms with Crippen molar-refractivity contribution in [1.29, 1.82) is 0 Å². The van der Waals surface area contributed by atoms with E-state index in [-0.39, 0.29) is 30.4 Å². The number of nitrogens with zero attached hydrogens (tertiary/aromatic N) is 2. The molecule has 0 atom stereocenters. The summed E-state index contributed by atoms with van der Waals surface area (Å²) >= 11 is 0. The van der Waals surface area contributed by atoms with Crippen LogP contribution in [0.15, 0.2) is 59.0 Å². The number of furan rings is 1. The van der Waals surface area contributed by atoms with Crippen LogP contribution in [0.3, 0.4) is 0 Å². The molecule has 1 fully saturated rings. The molecule has 0 N–H and O–H groups in total. The van der Waals surface area contributed by atoms with Gasteiger partial charge in [0.15, 0.2) is 11.5 Å². The van der Waals surface area contributed by atoms with E-state index < -0.39 is 5.82 Å². The van der Waals surface area contributed by atoms with Crippen molar-refractivity contribution in [2.24, 2.45) is 0 Å². The van der Waals surface area contributed by atoms with Crippen LogP contribution in [0, 0.1) is 5.82 Å². The molecule has 0 radical (unpaired) electrons. The monoisotopic (exact) mass is 408 g/mol. The van der Waals surface area contributed by atoms with E-state index in [0.29, 0.717) is 43.1 Å². The van der Waals surface area contributed by atoms with Gasteiger partial charge < -0.3 is 14.2 Å². The van der Waals surface area contributed by atoms with Gasteiger partial charge in [0, 0.05) is 50.0 Å². The summed E-state index contributed by atoms with van der Waals surface area (Å²) in [7, 11) is 0. The Bertz CT molecular complexity index is 1050. The second kappa shape index (κ2) is 8.49. The number of ketones is 1. The van der Waals surface area contributed by atoms with E-state index in [1.807, 2.05) is 24.3 Å². The number of carbonyl (C=O) groups excluding carboxylic acids is 3. The van der Waals surface area contributed by atoms with E-state index in [1.54, 1.807) is 15.9 Å². The van der Waals surface area contributed by atoms with Crippen LogP contribution < -0.4 is 0 Å². The molecule has 7 heteroatoms. The lowest BCUT2D eigenvalue weighted by molar-refractivity contribution is -0.132. The highest BCUT2D eigenvalue weighted by molar-refractivity contribution is 5.98. The molecule has 0 bridgehead atoms. The van der Waals surface area contributed by atoms with Gasteiger partial charge >= 0.3 is 0 Å². The van der Waals surface area contributed by atoms with Crippen LogP contribution in [0.25, 0.3) is 11.0 Å². The molecule has 4 rings (SSSR count). The van der Waals surface area contributed by atoms with Gasteiger partial charge in [-0.1, -0.05) is 18.2 Å². The molecule has 1 saturated heterocycles. The zero-order valence-electron chi connectivity index (χ0n) is 16.3. The summed E-state index contributed by atoms with van der Waals surface area (Å²) in [6, 6.07) is 14.5. The third-order valence-electron chi connectivity index (χ3n) is 5.29. The first-order chi connectivity index (χ1) is 14.5. The largest absolute Gasteiger partial charge is 0.451 e. The summed E-state index contributed by atoms with van der Waals surface area (Å²) in [6.45, 7) is 1.64. The van der Waals surface area contributed by atoms with Crippen molar-refractivity contribution in [3.05, 3.63) is 71.7 Å². The lowest BCUT2D eigenvalue weighted by Crippen LogP contribution is -2.50. The fraction of sp³-hybridized carbons (Fsp3) is 0.261. The van der Waals surface area contributed by atoms with E-state index in [1.165, 1.54) is 24.3 Å². The minimum Gasteiger partial charge on any atom is -0.451 e. The van der Waals surface area contributed by atoms with Crippen molar-refractivity contribution in [3.63, 3.8) is 0 Å². The number of para-hydroxylation sites is 1. The van der Waals surface area contributed by atoms with Gasteiger partial charge in [0.1, 0.15) is 11.4 Å². The van der Waals surface area contributed by atoms with Gasteiger partial charge in [-0.3, -0.25) is 14.4 Å². The second-order valence-electron chi connectivity index (χ2n) is 7.25. The van der Waals surface area contributed by atoms with Crippen molar-refractivity contribution >= 4 is 28.6 Å². The Morgan fingerprint density at radius 3 is 2.23 bits per heavy atom. The number of carbonyl (C=O) groups is 3. The highest BCUT2D eigenvalue weighted by Crippen LogP contribution is 2.21. The van der Waals surface area contributed by atoms with Crippen molar-refractivity contribution < 1.29 is 23.2 Å². The highest BCUT2D eigenvalue weighted by Gasteiger charge is 2.26. The van der Waals surface area contributed by atoms with Gasteiger partial charge in [-0.2, -0.15) is 0 Å². The summed E-state index contributed by atoms with van der Waals surface area (Å²) in [5.41, 5.74) is 1.06. The first-order valence-corrected chi connectivity index (χ1v) is 9.85. The Kier molecular flexibility index (Phi) is 5.61. The smallest absolute Gasteiger partial charge is 0.289 e. The van der Waals surface area contributed by atoms with Gasteiger partial charge in [-0.15, -0.1) is 0 Å². The second-order valence-corrected chi connectivity index (χ2v) is 7.25. The van der Waals surface area contributed by atoms with E-state index in [4.69, 9.17) is 4.42 Å². The number of amides is 2. The fourth-order valence-electron chi connectivity index (χ4n) is 3.56. The van der Waals surface area contributed by atoms with Crippen molar-refractivity contribution in [2.45, 2.75) is 12.8 Å². The molecule has 2 amide bonds. The summed E-state index contributed by atoms with van der Waals surface area (Å²) in [5, 5.41) is 0.875. The number of piperazine rings is 1. The molecule has 154 valence electrons. The maximum absolute atomic E-state index is 13.0. The number of Topliss-reactive ketones (excluding diaryl/α,β-unsaturated/α-hetero) is 1. The van der Waals surface area contributed by atoms with Crippen LogP contribution in [0.1, 0.15) is 33.8 Å². The zero-order chi connectivity index (χ0) is 21.1. The first-order valence-electron chi connectivity index (χ1n) is 9.85. The van der Waals surface area contributed by atoms with Crippen molar-refractivity contribution in [3.8, 4) is 0 Å². The van der Waals surface area contributed by atoms with E-state index in [9.17, 15) is 18.8 Å². The Balaban J connectivity index is 1.28. The minimum absolute atomic E-state index is 0.0720. The standard InChI is InChI=1S/C23H21FN2O4/c24-18-7-5-16(6-8-18)19(27)9-10-22(28)25-11-13-26(14-12-25)23(29)21-15-17-3-1-2-4-20(17)30-21/h1-8,15H,9-14H2. The molecule has 0 saturated carbocycles. The van der Waals surface area contributed by atoms with Crippen LogP contribution in [-0.4, -0.2) is 53.6 Å². The van der Waals surface area contributed by atoms with E-state index >= 15 is 0 Å². The van der Waals surface area contributed by atoms with E-state index in [0.717, 1.165) is 5.39 Å². The molecule has 2 aromatic carbocycles. The van der Waals surface area contributed by atoms with Crippen LogP contribution in [0.5, 0.6) is 0 Å². The number of rotatable bonds is 5. The van der Waals surface area contributed by atoms with Crippen LogP contribution in [0.2, 0.25) is 0 Å². The summed E-state index contributed by atoms with van der Waals surface area (Å²) in [5.74, 6) is -0.619. The van der Waals surface area contributed by atoms with Crippen molar-refractivity contribution in [2.75, 3.05) is 26.2 Å². The molecule has 0 aliphatic carbocycles. The van der Waals surface area contributed by atoms with Gasteiger partial charge in [-0.05, 0) is 36.4 Å². The summed E-state index contributed by atoms with van der Waals surface area (Å²) in [6.07, 6.45) is 0.163. The molecule has 3 aromatic rings. The van der Waals surface area contributed by atoms with Gasteiger partial charge in [0.05, 0.1) is 0 Å². The lowest BCUT2D eigenvalue weighted by atomic mass is 10.1. The summed E-state index contributed by atoms with van der Waals surface area (Å²) < 4.78 is 18.6. The predicted molar refractivity (Wildman–Crippen MR) is 109 cm³/mol.